The van der Waals surface area contributed by atoms with Gasteiger partial charge in [0.1, 0.15) is 0 Å². The van der Waals surface area contributed by atoms with Gasteiger partial charge in [-0.2, -0.15) is 0 Å². The summed E-state index contributed by atoms with van der Waals surface area (Å²) in [6, 6.07) is 0.0478. The van der Waals surface area contributed by atoms with Gasteiger partial charge in [0.05, 0.1) is 11.3 Å². The summed E-state index contributed by atoms with van der Waals surface area (Å²) in [5.41, 5.74) is 5.43. The van der Waals surface area contributed by atoms with Crippen LogP contribution in [-0.4, -0.2) is 49.1 Å². The molecule has 3 N–H and O–H groups in total. The van der Waals surface area contributed by atoms with Crippen LogP contribution in [0.3, 0.4) is 0 Å². The SMILES string of the molecule is CCCS(=O)(=O)N1CCC(NC(=O)C2(N)CCCC2)CC1. The van der Waals surface area contributed by atoms with Gasteiger partial charge in [-0.1, -0.05) is 19.8 Å². The van der Waals surface area contributed by atoms with Crippen molar-refractivity contribution in [2.45, 2.75) is 63.5 Å². The van der Waals surface area contributed by atoms with E-state index in [9.17, 15) is 13.2 Å². The molecular weight excluding hydrogens is 290 g/mol. The minimum atomic E-state index is -3.12. The van der Waals surface area contributed by atoms with Gasteiger partial charge < -0.3 is 11.1 Å². The number of amides is 1. The highest BCUT2D eigenvalue weighted by atomic mass is 32.2. The van der Waals surface area contributed by atoms with E-state index in [1.165, 1.54) is 0 Å². The Bertz CT molecular complexity index is 464. The fraction of sp³-hybridized carbons (Fsp3) is 0.929. The van der Waals surface area contributed by atoms with E-state index in [1.807, 2.05) is 6.92 Å². The zero-order valence-corrected chi connectivity index (χ0v) is 13.6. The Hall–Kier alpha value is -0.660. The lowest BCUT2D eigenvalue weighted by molar-refractivity contribution is -0.127. The molecule has 2 fully saturated rings. The zero-order valence-electron chi connectivity index (χ0n) is 12.8. The van der Waals surface area contributed by atoms with E-state index in [0.717, 1.165) is 25.7 Å². The lowest BCUT2D eigenvalue weighted by atomic mass is 9.96. The number of nitrogens with zero attached hydrogens (tertiary/aromatic N) is 1. The number of carbonyl (C=O) groups is 1. The number of hydrogen-bond acceptors (Lipinski definition) is 4. The van der Waals surface area contributed by atoms with Gasteiger partial charge in [0.2, 0.25) is 15.9 Å². The van der Waals surface area contributed by atoms with Crippen LogP contribution >= 0.6 is 0 Å². The molecule has 1 saturated carbocycles. The zero-order chi connectivity index (χ0) is 15.5. The molecule has 0 atom stereocenters. The Morgan fingerprint density at radius 2 is 1.86 bits per heavy atom. The van der Waals surface area contributed by atoms with Crippen LogP contribution in [0.25, 0.3) is 0 Å². The number of nitrogens with one attached hydrogen (secondary N) is 1. The first-order chi connectivity index (χ1) is 9.87. The molecule has 6 nitrogen and oxygen atoms in total. The quantitative estimate of drug-likeness (QED) is 0.776. The van der Waals surface area contributed by atoms with Crippen molar-refractivity contribution in [3.8, 4) is 0 Å². The van der Waals surface area contributed by atoms with Gasteiger partial charge in [-0.15, -0.1) is 0 Å². The second kappa shape index (κ2) is 6.62. The second-order valence-corrected chi connectivity index (χ2v) is 8.41. The van der Waals surface area contributed by atoms with Crippen LogP contribution in [0.2, 0.25) is 0 Å². The number of nitrogens with two attached hydrogens (primary N) is 1. The van der Waals surface area contributed by atoms with E-state index in [-0.39, 0.29) is 17.7 Å². The van der Waals surface area contributed by atoms with Crippen molar-refractivity contribution in [3.63, 3.8) is 0 Å². The molecule has 2 aliphatic rings. The first-order valence-corrected chi connectivity index (χ1v) is 9.56. The van der Waals surface area contributed by atoms with Crippen LogP contribution in [0.15, 0.2) is 0 Å². The van der Waals surface area contributed by atoms with Crippen LogP contribution in [0.4, 0.5) is 0 Å². The summed E-state index contributed by atoms with van der Waals surface area (Å²) in [7, 11) is -3.12. The maximum absolute atomic E-state index is 12.2. The molecule has 2 rings (SSSR count). The number of sulfonamides is 1. The van der Waals surface area contributed by atoms with Crippen LogP contribution in [-0.2, 0) is 14.8 Å². The number of rotatable bonds is 5. The fourth-order valence-corrected chi connectivity index (χ4v) is 4.77. The third-order valence-corrected chi connectivity index (χ3v) is 6.67. The minimum Gasteiger partial charge on any atom is -0.352 e. The summed E-state index contributed by atoms with van der Waals surface area (Å²) < 4.78 is 25.5. The van der Waals surface area contributed by atoms with Crippen molar-refractivity contribution < 1.29 is 13.2 Å². The van der Waals surface area contributed by atoms with Crippen LogP contribution in [0.5, 0.6) is 0 Å². The Kier molecular flexibility index (Phi) is 5.27. The molecule has 1 saturated heterocycles. The summed E-state index contributed by atoms with van der Waals surface area (Å²) in [6.07, 6.45) is 5.50. The predicted octanol–water partition coefficient (Wildman–Crippen LogP) is 0.578. The average Bonchev–Trinajstić information content (AvgIpc) is 2.88. The summed E-state index contributed by atoms with van der Waals surface area (Å²) in [5.74, 6) is 0.144. The third kappa shape index (κ3) is 3.96. The van der Waals surface area contributed by atoms with Crippen molar-refractivity contribution in [3.05, 3.63) is 0 Å². The van der Waals surface area contributed by atoms with Gasteiger partial charge in [0.25, 0.3) is 0 Å². The first-order valence-electron chi connectivity index (χ1n) is 7.95. The van der Waals surface area contributed by atoms with Gasteiger partial charge >= 0.3 is 0 Å². The summed E-state index contributed by atoms with van der Waals surface area (Å²) in [6.45, 7) is 2.85. The maximum Gasteiger partial charge on any atom is 0.240 e. The van der Waals surface area contributed by atoms with E-state index >= 15 is 0 Å². The van der Waals surface area contributed by atoms with E-state index in [2.05, 4.69) is 5.32 Å². The van der Waals surface area contributed by atoms with Crippen LogP contribution in [0, 0.1) is 0 Å². The molecule has 1 heterocycles. The van der Waals surface area contributed by atoms with E-state index in [4.69, 9.17) is 5.73 Å². The lowest BCUT2D eigenvalue weighted by Crippen LogP contribution is -2.56. The standard InChI is InChI=1S/C14H27N3O3S/c1-2-11-21(19,20)17-9-5-12(6-10-17)16-13(18)14(15)7-3-4-8-14/h12H,2-11,15H2,1H3,(H,16,18). The lowest BCUT2D eigenvalue weighted by Gasteiger charge is -2.33. The molecule has 0 aromatic rings. The fourth-order valence-electron chi connectivity index (χ4n) is 3.23. The molecule has 0 aromatic carbocycles. The number of carbonyl (C=O) groups excluding carboxylic acids is 1. The monoisotopic (exact) mass is 317 g/mol. The van der Waals surface area contributed by atoms with Crippen molar-refractivity contribution in [2.24, 2.45) is 5.73 Å². The van der Waals surface area contributed by atoms with Crippen molar-refractivity contribution >= 4 is 15.9 Å². The van der Waals surface area contributed by atoms with E-state index in [0.29, 0.717) is 32.4 Å². The smallest absolute Gasteiger partial charge is 0.240 e. The van der Waals surface area contributed by atoms with Gasteiger partial charge in [-0.25, -0.2) is 12.7 Å². The molecule has 1 aliphatic heterocycles. The largest absolute Gasteiger partial charge is 0.352 e. The molecule has 0 aromatic heterocycles. The molecule has 1 aliphatic carbocycles. The van der Waals surface area contributed by atoms with Gasteiger partial charge in [-0.05, 0) is 32.1 Å². The van der Waals surface area contributed by atoms with Crippen molar-refractivity contribution in [2.75, 3.05) is 18.8 Å². The Morgan fingerprint density at radius 1 is 1.29 bits per heavy atom. The molecular formula is C14H27N3O3S. The predicted molar refractivity (Wildman–Crippen MR) is 82.2 cm³/mol. The summed E-state index contributed by atoms with van der Waals surface area (Å²) >= 11 is 0. The van der Waals surface area contributed by atoms with Crippen LogP contribution in [0.1, 0.15) is 51.9 Å². The minimum absolute atomic E-state index is 0.0478. The molecule has 0 spiro atoms. The summed E-state index contributed by atoms with van der Waals surface area (Å²) in [4.78, 5) is 12.2. The van der Waals surface area contributed by atoms with E-state index in [1.54, 1.807) is 4.31 Å². The van der Waals surface area contributed by atoms with E-state index < -0.39 is 15.6 Å². The highest BCUT2D eigenvalue weighted by molar-refractivity contribution is 7.89. The Labute approximate surface area is 127 Å². The molecule has 0 bridgehead atoms. The van der Waals surface area contributed by atoms with Gasteiger partial charge in [-0.3, -0.25) is 4.79 Å². The average molecular weight is 317 g/mol. The molecule has 0 unspecified atom stereocenters. The summed E-state index contributed by atoms with van der Waals surface area (Å²) in [5, 5.41) is 3.02. The Balaban J connectivity index is 1.83. The normalized spacial score (nSPS) is 24.1. The highest BCUT2D eigenvalue weighted by Crippen LogP contribution is 2.27. The first kappa shape index (κ1) is 16.7. The number of hydrogen-bond donors (Lipinski definition) is 2. The maximum atomic E-state index is 12.2. The molecule has 0 radical (unpaired) electrons. The number of piperidine rings is 1. The molecule has 21 heavy (non-hydrogen) atoms. The molecule has 1 amide bonds. The topological polar surface area (TPSA) is 92.5 Å². The van der Waals surface area contributed by atoms with Crippen molar-refractivity contribution in [1.82, 2.24) is 9.62 Å². The molecule has 7 heteroatoms. The van der Waals surface area contributed by atoms with Gasteiger partial charge in [0.15, 0.2) is 0 Å². The van der Waals surface area contributed by atoms with Crippen LogP contribution < -0.4 is 11.1 Å². The van der Waals surface area contributed by atoms with Crippen molar-refractivity contribution in [1.29, 1.82) is 0 Å². The van der Waals surface area contributed by atoms with Gasteiger partial charge in [0, 0.05) is 19.1 Å². The Morgan fingerprint density at radius 3 is 2.38 bits per heavy atom. The second-order valence-electron chi connectivity index (χ2n) is 6.33. The molecule has 122 valence electrons. The highest BCUT2D eigenvalue weighted by Gasteiger charge is 2.38. The third-order valence-electron chi connectivity index (χ3n) is 4.59.